The second-order valence-electron chi connectivity index (χ2n) is 6.90. The minimum absolute atomic E-state index is 0.134. The van der Waals surface area contributed by atoms with Gasteiger partial charge in [0.05, 0.1) is 12.9 Å². The molecule has 0 aliphatic rings. The molecular formula is C24H26BrNO4. The molecule has 1 aromatic heterocycles. The molecule has 1 N–H and O–H groups in total. The van der Waals surface area contributed by atoms with Crippen LogP contribution in [-0.4, -0.2) is 32.8 Å². The summed E-state index contributed by atoms with van der Waals surface area (Å²) in [6.45, 7) is 5.56. The fraction of sp³-hybridized carbons (Fsp3) is 0.292. The number of rotatable bonds is 9. The van der Waals surface area contributed by atoms with Crippen LogP contribution in [0.15, 0.2) is 57.6 Å². The molecule has 5 nitrogen and oxygen atoms in total. The highest BCUT2D eigenvalue weighted by atomic mass is 79.9. The molecule has 3 aromatic rings. The van der Waals surface area contributed by atoms with Gasteiger partial charge in [0.25, 0.3) is 0 Å². The van der Waals surface area contributed by atoms with E-state index in [4.69, 9.17) is 13.9 Å². The second kappa shape index (κ2) is 10.5. The molecule has 2 aromatic carbocycles. The van der Waals surface area contributed by atoms with Gasteiger partial charge in [-0.1, -0.05) is 28.1 Å². The number of carbonyl (C=O) groups is 1. The van der Waals surface area contributed by atoms with E-state index in [9.17, 15) is 4.79 Å². The number of furan rings is 1. The average Bonchev–Trinajstić information content (AvgIpc) is 3.13. The highest BCUT2D eigenvalue weighted by molar-refractivity contribution is 9.10. The second-order valence-corrected chi connectivity index (χ2v) is 7.82. The fourth-order valence-electron chi connectivity index (χ4n) is 3.27. The number of nitrogens with one attached hydrogen (secondary N) is 1. The first kappa shape index (κ1) is 22.1. The maximum Gasteiger partial charge on any atom is 0.244 e. The lowest BCUT2D eigenvalue weighted by molar-refractivity contribution is -0.116. The minimum atomic E-state index is -0.134. The van der Waals surface area contributed by atoms with Crippen molar-refractivity contribution in [1.29, 1.82) is 0 Å². The molecular weight excluding hydrogens is 446 g/mol. The monoisotopic (exact) mass is 471 g/mol. The zero-order chi connectivity index (χ0) is 21.5. The minimum Gasteiger partial charge on any atom is -0.493 e. The third kappa shape index (κ3) is 5.32. The quantitative estimate of drug-likeness (QED) is 0.315. The van der Waals surface area contributed by atoms with Gasteiger partial charge in [-0.15, -0.1) is 0 Å². The van der Waals surface area contributed by atoms with Gasteiger partial charge in [0.1, 0.15) is 11.3 Å². The average molecular weight is 472 g/mol. The molecule has 30 heavy (non-hydrogen) atoms. The summed E-state index contributed by atoms with van der Waals surface area (Å²) in [5.41, 5.74) is 4.48. The first-order valence-electron chi connectivity index (χ1n) is 9.93. The van der Waals surface area contributed by atoms with E-state index in [0.717, 1.165) is 44.1 Å². The van der Waals surface area contributed by atoms with Gasteiger partial charge >= 0.3 is 0 Å². The van der Waals surface area contributed by atoms with Gasteiger partial charge < -0.3 is 19.2 Å². The standard InChI is InChI=1S/C24H26BrNO4/c1-4-29-22-14-23-20(21(15-30-23)17-7-5-8-18(25)12-17)13-19(22)16(2)11-24(27)26-9-6-10-28-3/h5,7-8,11-15H,4,6,9-10H2,1-3H3,(H,26,27)/b16-11+. The first-order chi connectivity index (χ1) is 14.5. The maximum atomic E-state index is 12.3. The molecule has 0 unspecified atom stereocenters. The van der Waals surface area contributed by atoms with Crippen molar-refractivity contribution in [3.63, 3.8) is 0 Å². The Balaban J connectivity index is 1.97. The fourth-order valence-corrected chi connectivity index (χ4v) is 3.67. The lowest BCUT2D eigenvalue weighted by Gasteiger charge is -2.12. The number of ether oxygens (including phenoxy) is 2. The van der Waals surface area contributed by atoms with Crippen molar-refractivity contribution in [2.75, 3.05) is 26.9 Å². The van der Waals surface area contributed by atoms with E-state index in [1.54, 1.807) is 19.4 Å². The number of hydrogen-bond donors (Lipinski definition) is 1. The lowest BCUT2D eigenvalue weighted by Crippen LogP contribution is -2.23. The van der Waals surface area contributed by atoms with Gasteiger partial charge in [-0.3, -0.25) is 4.79 Å². The third-order valence-electron chi connectivity index (χ3n) is 4.71. The number of carbonyl (C=O) groups excluding carboxylic acids is 1. The van der Waals surface area contributed by atoms with E-state index >= 15 is 0 Å². The van der Waals surface area contributed by atoms with E-state index < -0.39 is 0 Å². The van der Waals surface area contributed by atoms with Gasteiger partial charge in [-0.05, 0) is 49.6 Å². The maximum absolute atomic E-state index is 12.3. The smallest absolute Gasteiger partial charge is 0.244 e. The summed E-state index contributed by atoms with van der Waals surface area (Å²) in [6, 6.07) is 12.0. The van der Waals surface area contributed by atoms with Crippen LogP contribution in [-0.2, 0) is 9.53 Å². The first-order valence-corrected chi connectivity index (χ1v) is 10.7. The summed E-state index contributed by atoms with van der Waals surface area (Å²) in [6.07, 6.45) is 4.14. The molecule has 0 saturated heterocycles. The number of methoxy groups -OCH3 is 1. The predicted octanol–water partition coefficient (Wildman–Crippen LogP) is 5.82. The molecule has 158 valence electrons. The number of hydrogen-bond acceptors (Lipinski definition) is 4. The van der Waals surface area contributed by atoms with E-state index in [1.807, 2.05) is 44.2 Å². The summed E-state index contributed by atoms with van der Waals surface area (Å²) in [5.74, 6) is 0.562. The van der Waals surface area contributed by atoms with Gasteiger partial charge in [-0.25, -0.2) is 0 Å². The Morgan fingerprint density at radius 2 is 2.10 bits per heavy atom. The normalized spacial score (nSPS) is 11.7. The van der Waals surface area contributed by atoms with Gasteiger partial charge in [0.15, 0.2) is 0 Å². The molecule has 0 bridgehead atoms. The zero-order valence-electron chi connectivity index (χ0n) is 17.5. The summed E-state index contributed by atoms with van der Waals surface area (Å²) in [5, 5.41) is 3.86. The lowest BCUT2D eigenvalue weighted by atomic mass is 9.99. The van der Waals surface area contributed by atoms with Crippen LogP contribution in [0.25, 0.3) is 27.7 Å². The van der Waals surface area contributed by atoms with Crippen LogP contribution in [0.3, 0.4) is 0 Å². The van der Waals surface area contributed by atoms with Crippen LogP contribution < -0.4 is 10.1 Å². The van der Waals surface area contributed by atoms with Crippen molar-refractivity contribution in [3.05, 3.63) is 58.8 Å². The molecule has 1 heterocycles. The van der Waals surface area contributed by atoms with Crippen molar-refractivity contribution in [2.45, 2.75) is 20.3 Å². The van der Waals surface area contributed by atoms with Crippen molar-refractivity contribution in [3.8, 4) is 16.9 Å². The highest BCUT2D eigenvalue weighted by Gasteiger charge is 2.15. The molecule has 3 rings (SSSR count). The Hall–Kier alpha value is -2.57. The molecule has 1 amide bonds. The summed E-state index contributed by atoms with van der Waals surface area (Å²) in [7, 11) is 1.65. The Morgan fingerprint density at radius 1 is 1.27 bits per heavy atom. The van der Waals surface area contributed by atoms with Crippen LogP contribution in [0.4, 0.5) is 0 Å². The van der Waals surface area contributed by atoms with E-state index in [2.05, 4.69) is 27.3 Å². The molecule has 0 aliphatic heterocycles. The Labute approximate surface area is 185 Å². The van der Waals surface area contributed by atoms with Gasteiger partial charge in [0.2, 0.25) is 5.91 Å². The molecule has 0 fully saturated rings. The van der Waals surface area contributed by atoms with E-state index in [1.165, 1.54) is 0 Å². The molecule has 0 spiro atoms. The van der Waals surface area contributed by atoms with Crippen LogP contribution in [0.2, 0.25) is 0 Å². The number of allylic oxidation sites excluding steroid dienone is 1. The van der Waals surface area contributed by atoms with Crippen LogP contribution in [0, 0.1) is 0 Å². The predicted molar refractivity (Wildman–Crippen MR) is 124 cm³/mol. The van der Waals surface area contributed by atoms with Gasteiger partial charge in [0, 0.05) is 53.4 Å². The summed E-state index contributed by atoms with van der Waals surface area (Å²) in [4.78, 5) is 12.3. The van der Waals surface area contributed by atoms with Crippen molar-refractivity contribution in [1.82, 2.24) is 5.32 Å². The largest absolute Gasteiger partial charge is 0.493 e. The van der Waals surface area contributed by atoms with Crippen molar-refractivity contribution < 1.29 is 18.7 Å². The van der Waals surface area contributed by atoms with Crippen LogP contribution >= 0.6 is 15.9 Å². The van der Waals surface area contributed by atoms with Gasteiger partial charge in [-0.2, -0.15) is 0 Å². The number of halogens is 1. The topological polar surface area (TPSA) is 60.7 Å². The molecule has 0 aliphatic carbocycles. The van der Waals surface area contributed by atoms with Crippen LogP contribution in [0.5, 0.6) is 5.75 Å². The SMILES string of the molecule is CCOc1cc2occ(-c3cccc(Br)c3)c2cc1/C(C)=C/C(=O)NCCCOC. The number of fused-ring (bicyclic) bond motifs is 1. The number of amides is 1. The highest BCUT2D eigenvalue weighted by Crippen LogP contribution is 2.38. The van der Waals surface area contributed by atoms with Crippen molar-refractivity contribution >= 4 is 38.4 Å². The Kier molecular flexibility index (Phi) is 7.71. The summed E-state index contributed by atoms with van der Waals surface area (Å²) >= 11 is 3.53. The third-order valence-corrected chi connectivity index (χ3v) is 5.20. The molecule has 0 saturated carbocycles. The van der Waals surface area contributed by atoms with Crippen LogP contribution in [0.1, 0.15) is 25.8 Å². The molecule has 6 heteroatoms. The van der Waals surface area contributed by atoms with E-state index in [0.29, 0.717) is 25.5 Å². The molecule has 0 atom stereocenters. The van der Waals surface area contributed by atoms with Crippen molar-refractivity contribution in [2.24, 2.45) is 0 Å². The number of benzene rings is 2. The zero-order valence-corrected chi connectivity index (χ0v) is 19.0. The van der Waals surface area contributed by atoms with E-state index in [-0.39, 0.29) is 5.91 Å². The Morgan fingerprint density at radius 3 is 2.83 bits per heavy atom. The summed E-state index contributed by atoms with van der Waals surface area (Å²) < 4.78 is 17.7. The Bertz CT molecular complexity index is 1050. The molecule has 0 radical (unpaired) electrons.